The van der Waals surface area contributed by atoms with E-state index in [2.05, 4.69) is 9.97 Å². The zero-order chi connectivity index (χ0) is 21.1. The van der Waals surface area contributed by atoms with Gasteiger partial charge >= 0.3 is 5.69 Å². The molecule has 4 rings (SSSR count). The number of aromatic nitrogens is 3. The van der Waals surface area contributed by atoms with Gasteiger partial charge in [-0.2, -0.15) is 0 Å². The molecule has 1 saturated heterocycles. The Labute approximate surface area is 171 Å². The number of rotatable bonds is 5. The number of nitrogens with one attached hydrogen (secondary N) is 1. The van der Waals surface area contributed by atoms with E-state index >= 15 is 0 Å². The van der Waals surface area contributed by atoms with Crippen LogP contribution in [0.15, 0.2) is 56.7 Å². The number of halogens is 1. The quantitative estimate of drug-likeness (QED) is 0.687. The van der Waals surface area contributed by atoms with E-state index in [1.807, 2.05) is 0 Å². The second kappa shape index (κ2) is 8.48. The lowest BCUT2D eigenvalue weighted by atomic mass is 9.98. The van der Waals surface area contributed by atoms with Crippen LogP contribution in [-0.2, 0) is 17.8 Å². The smallest absolute Gasteiger partial charge is 0.328 e. The number of piperidine rings is 1. The zero-order valence-corrected chi connectivity index (χ0v) is 16.2. The molecule has 1 fully saturated rings. The van der Waals surface area contributed by atoms with Crippen molar-refractivity contribution in [1.82, 2.24) is 19.4 Å². The van der Waals surface area contributed by atoms with E-state index in [0.29, 0.717) is 31.2 Å². The second-order valence-electron chi connectivity index (χ2n) is 7.39. The molecular formula is C21H21FN4O4. The van der Waals surface area contributed by atoms with Gasteiger partial charge in [0.25, 0.3) is 5.56 Å². The highest BCUT2D eigenvalue weighted by molar-refractivity contribution is 5.76. The fourth-order valence-electron chi connectivity index (χ4n) is 3.62. The van der Waals surface area contributed by atoms with Crippen LogP contribution in [-0.4, -0.2) is 38.4 Å². The molecule has 0 aliphatic carbocycles. The molecule has 9 heteroatoms. The predicted octanol–water partition coefficient (Wildman–Crippen LogP) is 1.66. The first-order valence-electron chi connectivity index (χ1n) is 9.74. The topological polar surface area (TPSA) is 101 Å². The predicted molar refractivity (Wildman–Crippen MR) is 106 cm³/mol. The Morgan fingerprint density at radius 3 is 2.80 bits per heavy atom. The number of carbonyl (C=O) groups is 1. The SMILES string of the molecule is O=C(Cn1ccc(=O)[nH]c1=O)N1CCC[C@H](c2ncc(Cc3ccc(F)cc3)o2)C1. The summed E-state index contributed by atoms with van der Waals surface area (Å²) in [6, 6.07) is 7.44. The number of aromatic amines is 1. The van der Waals surface area contributed by atoms with E-state index in [1.165, 1.54) is 29.0 Å². The molecular weight excluding hydrogens is 391 g/mol. The van der Waals surface area contributed by atoms with Crippen LogP contribution >= 0.6 is 0 Å². The average molecular weight is 412 g/mol. The second-order valence-corrected chi connectivity index (χ2v) is 7.39. The van der Waals surface area contributed by atoms with Crippen LogP contribution in [0.2, 0.25) is 0 Å². The molecule has 8 nitrogen and oxygen atoms in total. The number of benzene rings is 1. The maximum Gasteiger partial charge on any atom is 0.328 e. The minimum Gasteiger partial charge on any atom is -0.445 e. The highest BCUT2D eigenvalue weighted by atomic mass is 19.1. The summed E-state index contributed by atoms with van der Waals surface area (Å²) in [6.45, 7) is 0.910. The van der Waals surface area contributed by atoms with Crippen molar-refractivity contribution in [2.75, 3.05) is 13.1 Å². The molecule has 30 heavy (non-hydrogen) atoms. The third kappa shape index (κ3) is 4.56. The van der Waals surface area contributed by atoms with E-state index in [9.17, 15) is 18.8 Å². The van der Waals surface area contributed by atoms with Gasteiger partial charge in [0.1, 0.15) is 18.1 Å². The van der Waals surface area contributed by atoms with Crippen molar-refractivity contribution in [2.45, 2.75) is 31.7 Å². The molecule has 2 aromatic heterocycles. The molecule has 0 unspecified atom stereocenters. The van der Waals surface area contributed by atoms with Crippen molar-refractivity contribution in [1.29, 1.82) is 0 Å². The van der Waals surface area contributed by atoms with Crippen molar-refractivity contribution in [3.05, 3.63) is 86.6 Å². The van der Waals surface area contributed by atoms with Gasteiger partial charge in [0.05, 0.1) is 12.1 Å². The highest BCUT2D eigenvalue weighted by Crippen LogP contribution is 2.27. The number of oxazole rings is 1. The Bertz CT molecular complexity index is 1150. The van der Waals surface area contributed by atoms with Gasteiger partial charge in [-0.25, -0.2) is 14.2 Å². The van der Waals surface area contributed by atoms with E-state index in [0.717, 1.165) is 18.4 Å². The fraction of sp³-hybridized carbons (Fsp3) is 0.333. The van der Waals surface area contributed by atoms with Crippen molar-refractivity contribution in [3.63, 3.8) is 0 Å². The maximum absolute atomic E-state index is 13.0. The number of H-pyrrole nitrogens is 1. The molecule has 1 aliphatic heterocycles. The summed E-state index contributed by atoms with van der Waals surface area (Å²) < 4.78 is 20.1. The minimum atomic E-state index is -0.609. The van der Waals surface area contributed by atoms with E-state index in [1.54, 1.807) is 23.2 Å². The summed E-state index contributed by atoms with van der Waals surface area (Å²) >= 11 is 0. The van der Waals surface area contributed by atoms with Crippen molar-refractivity contribution < 1.29 is 13.6 Å². The third-order valence-electron chi connectivity index (χ3n) is 5.19. The monoisotopic (exact) mass is 412 g/mol. The summed E-state index contributed by atoms with van der Waals surface area (Å²) in [7, 11) is 0. The lowest BCUT2D eigenvalue weighted by Crippen LogP contribution is -2.42. The first-order valence-corrected chi connectivity index (χ1v) is 9.74. The van der Waals surface area contributed by atoms with Crippen molar-refractivity contribution >= 4 is 5.91 Å². The first-order chi connectivity index (χ1) is 14.5. The van der Waals surface area contributed by atoms with Crippen LogP contribution in [0.4, 0.5) is 4.39 Å². The Hall–Kier alpha value is -3.49. The standard InChI is InChI=1S/C21H21FN4O4/c22-16-5-3-14(4-6-16)10-17-11-23-20(30-17)15-2-1-8-25(12-15)19(28)13-26-9-7-18(27)24-21(26)29/h3-7,9,11,15H,1-2,8,10,12-13H2,(H,24,27,29)/t15-/m0/s1. The van der Waals surface area contributed by atoms with Gasteiger partial charge in [-0.1, -0.05) is 12.1 Å². The van der Waals surface area contributed by atoms with Gasteiger partial charge in [-0.3, -0.25) is 19.1 Å². The molecule has 0 spiro atoms. The molecule has 3 aromatic rings. The molecule has 1 aliphatic rings. The number of hydrogen-bond acceptors (Lipinski definition) is 5. The van der Waals surface area contributed by atoms with E-state index < -0.39 is 11.2 Å². The van der Waals surface area contributed by atoms with Gasteiger partial charge in [-0.05, 0) is 30.5 Å². The van der Waals surface area contributed by atoms with Crippen molar-refractivity contribution in [3.8, 4) is 0 Å². The van der Waals surface area contributed by atoms with Crippen LogP contribution in [0.25, 0.3) is 0 Å². The molecule has 3 heterocycles. The summed E-state index contributed by atoms with van der Waals surface area (Å²) in [5, 5.41) is 0. The molecule has 1 atom stereocenters. The molecule has 1 amide bonds. The molecule has 156 valence electrons. The minimum absolute atomic E-state index is 0.0306. The Morgan fingerprint density at radius 1 is 1.23 bits per heavy atom. The first kappa shape index (κ1) is 19.8. The molecule has 0 saturated carbocycles. The Balaban J connectivity index is 1.40. The number of likely N-dealkylation sites (tertiary alicyclic amines) is 1. The van der Waals surface area contributed by atoms with Gasteiger partial charge in [0.2, 0.25) is 5.91 Å². The molecule has 1 N–H and O–H groups in total. The zero-order valence-electron chi connectivity index (χ0n) is 16.2. The van der Waals surface area contributed by atoms with Crippen LogP contribution in [0.1, 0.15) is 36.0 Å². The summed E-state index contributed by atoms with van der Waals surface area (Å²) in [6.07, 6.45) is 5.14. The lowest BCUT2D eigenvalue weighted by molar-refractivity contribution is -0.133. The average Bonchev–Trinajstić information content (AvgIpc) is 3.20. The summed E-state index contributed by atoms with van der Waals surface area (Å²) in [5.41, 5.74) is -0.185. The Morgan fingerprint density at radius 2 is 2.03 bits per heavy atom. The number of hydrogen-bond donors (Lipinski definition) is 1. The number of nitrogens with zero attached hydrogens (tertiary/aromatic N) is 3. The fourth-order valence-corrected chi connectivity index (χ4v) is 3.62. The van der Waals surface area contributed by atoms with Gasteiger partial charge in [0, 0.05) is 31.8 Å². The van der Waals surface area contributed by atoms with Crippen LogP contribution in [0.5, 0.6) is 0 Å². The van der Waals surface area contributed by atoms with Crippen LogP contribution in [0.3, 0.4) is 0 Å². The highest BCUT2D eigenvalue weighted by Gasteiger charge is 2.28. The normalized spacial score (nSPS) is 16.6. The Kier molecular flexibility index (Phi) is 5.60. The third-order valence-corrected chi connectivity index (χ3v) is 5.19. The molecule has 0 bridgehead atoms. The van der Waals surface area contributed by atoms with Gasteiger partial charge in [-0.15, -0.1) is 0 Å². The maximum atomic E-state index is 13.0. The van der Waals surface area contributed by atoms with E-state index in [-0.39, 0.29) is 24.2 Å². The largest absolute Gasteiger partial charge is 0.445 e. The molecule has 0 radical (unpaired) electrons. The van der Waals surface area contributed by atoms with Crippen LogP contribution < -0.4 is 11.2 Å². The summed E-state index contributed by atoms with van der Waals surface area (Å²) in [5.74, 6) is 0.739. The molecule has 1 aromatic carbocycles. The van der Waals surface area contributed by atoms with Gasteiger partial charge < -0.3 is 9.32 Å². The number of carbonyl (C=O) groups excluding carboxylic acids is 1. The summed E-state index contributed by atoms with van der Waals surface area (Å²) in [4.78, 5) is 43.8. The van der Waals surface area contributed by atoms with Crippen molar-refractivity contribution in [2.24, 2.45) is 0 Å². The van der Waals surface area contributed by atoms with Crippen LogP contribution in [0, 0.1) is 5.82 Å². The van der Waals surface area contributed by atoms with Gasteiger partial charge in [0.15, 0.2) is 5.89 Å². The lowest BCUT2D eigenvalue weighted by Gasteiger charge is -2.31. The number of amides is 1. The van der Waals surface area contributed by atoms with E-state index in [4.69, 9.17) is 4.42 Å².